The number of nitrogens with one attached hydrogen (secondary N) is 1. The maximum absolute atomic E-state index is 12.7. The van der Waals surface area contributed by atoms with Crippen LogP contribution in [0.15, 0.2) is 6.20 Å². The number of aromatic nitrogens is 2. The summed E-state index contributed by atoms with van der Waals surface area (Å²) in [7, 11) is 0. The Morgan fingerprint density at radius 2 is 2.47 bits per heavy atom. The first-order chi connectivity index (χ1) is 7.13. The van der Waals surface area contributed by atoms with Gasteiger partial charge >= 0.3 is 0 Å². The summed E-state index contributed by atoms with van der Waals surface area (Å²) in [5, 5.41) is 15.6. The number of halogens is 2. The second-order valence-electron chi connectivity index (χ2n) is 3.65. The van der Waals surface area contributed by atoms with Gasteiger partial charge in [-0.05, 0) is 13.3 Å². The van der Waals surface area contributed by atoms with E-state index in [9.17, 15) is 8.78 Å². The Labute approximate surface area is 85.5 Å². The molecule has 0 aromatic carbocycles. The van der Waals surface area contributed by atoms with Gasteiger partial charge in [0.1, 0.15) is 23.5 Å². The molecule has 1 aliphatic rings. The molecule has 0 unspecified atom stereocenters. The number of rotatable bonds is 1. The van der Waals surface area contributed by atoms with Crippen molar-refractivity contribution in [2.75, 3.05) is 5.32 Å². The lowest BCUT2D eigenvalue weighted by molar-refractivity contribution is 0.0668. The number of nitriles is 1. The van der Waals surface area contributed by atoms with Gasteiger partial charge in [-0.15, -0.1) is 0 Å². The van der Waals surface area contributed by atoms with Gasteiger partial charge in [0.2, 0.25) is 0 Å². The van der Waals surface area contributed by atoms with E-state index in [4.69, 9.17) is 5.26 Å². The van der Waals surface area contributed by atoms with E-state index < -0.39 is 12.5 Å². The Hall–Kier alpha value is -1.64. The van der Waals surface area contributed by atoms with Crippen molar-refractivity contribution in [3.63, 3.8) is 0 Å². The third-order valence-corrected chi connectivity index (χ3v) is 2.50. The molecule has 1 aromatic rings. The summed E-state index contributed by atoms with van der Waals surface area (Å²) in [5.74, 6) is 0.404. The standard InChI is InChI=1S/C9H10F2N4/c1-5-2-7(8(10)11)15-9(14-5)6(3-12)4-13-15/h4-5,7-8,14H,2H2,1H3/t5-,7-/m1/s1. The topological polar surface area (TPSA) is 53.6 Å². The van der Waals surface area contributed by atoms with E-state index >= 15 is 0 Å². The number of hydrogen-bond donors (Lipinski definition) is 1. The third kappa shape index (κ3) is 1.54. The first-order valence-corrected chi connectivity index (χ1v) is 4.65. The highest BCUT2D eigenvalue weighted by Crippen LogP contribution is 2.32. The minimum atomic E-state index is -2.46. The Balaban J connectivity index is 2.44. The molecule has 2 heterocycles. The fourth-order valence-electron chi connectivity index (χ4n) is 1.80. The predicted octanol–water partition coefficient (Wildman–Crippen LogP) is 1.77. The van der Waals surface area contributed by atoms with Crippen LogP contribution < -0.4 is 5.32 Å². The van der Waals surface area contributed by atoms with E-state index in [1.54, 1.807) is 0 Å². The van der Waals surface area contributed by atoms with Gasteiger partial charge in [-0.1, -0.05) is 0 Å². The molecule has 0 fully saturated rings. The summed E-state index contributed by atoms with van der Waals surface area (Å²) >= 11 is 0. The van der Waals surface area contributed by atoms with Crippen LogP contribution in [0.5, 0.6) is 0 Å². The summed E-state index contributed by atoms with van der Waals surface area (Å²) in [6, 6.07) is 0.923. The molecule has 0 aliphatic carbocycles. The molecule has 1 aromatic heterocycles. The van der Waals surface area contributed by atoms with Crippen LogP contribution in [-0.4, -0.2) is 22.2 Å². The highest BCUT2D eigenvalue weighted by Gasteiger charge is 2.32. The van der Waals surface area contributed by atoms with Crippen molar-refractivity contribution in [1.29, 1.82) is 5.26 Å². The molecular weight excluding hydrogens is 202 g/mol. The van der Waals surface area contributed by atoms with Gasteiger partial charge in [0, 0.05) is 6.04 Å². The summed E-state index contributed by atoms with van der Waals surface area (Å²) in [6.07, 6.45) is -0.827. The van der Waals surface area contributed by atoms with E-state index in [-0.39, 0.29) is 6.04 Å². The van der Waals surface area contributed by atoms with E-state index in [1.807, 2.05) is 13.0 Å². The quantitative estimate of drug-likeness (QED) is 0.771. The van der Waals surface area contributed by atoms with Crippen molar-refractivity contribution in [3.05, 3.63) is 11.8 Å². The van der Waals surface area contributed by atoms with Crippen molar-refractivity contribution in [2.24, 2.45) is 0 Å². The molecular formula is C9H10F2N4. The molecule has 0 saturated carbocycles. The number of anilines is 1. The van der Waals surface area contributed by atoms with Crippen molar-refractivity contribution in [1.82, 2.24) is 9.78 Å². The first kappa shape index (κ1) is 9.90. The lowest BCUT2D eigenvalue weighted by Gasteiger charge is -2.29. The second-order valence-corrected chi connectivity index (χ2v) is 3.65. The fraction of sp³-hybridized carbons (Fsp3) is 0.556. The Morgan fingerprint density at radius 1 is 1.73 bits per heavy atom. The van der Waals surface area contributed by atoms with Crippen LogP contribution in [0, 0.1) is 11.3 Å². The van der Waals surface area contributed by atoms with E-state index in [2.05, 4.69) is 10.4 Å². The van der Waals surface area contributed by atoms with Crippen LogP contribution >= 0.6 is 0 Å². The van der Waals surface area contributed by atoms with Gasteiger partial charge in [-0.2, -0.15) is 10.4 Å². The van der Waals surface area contributed by atoms with Crippen LogP contribution in [0.25, 0.3) is 0 Å². The molecule has 0 amide bonds. The molecule has 0 bridgehead atoms. The molecule has 4 nitrogen and oxygen atoms in total. The molecule has 80 valence electrons. The molecule has 0 radical (unpaired) electrons. The predicted molar refractivity (Wildman–Crippen MR) is 49.7 cm³/mol. The van der Waals surface area contributed by atoms with Gasteiger partial charge < -0.3 is 5.32 Å². The molecule has 15 heavy (non-hydrogen) atoms. The van der Waals surface area contributed by atoms with Crippen LogP contribution in [0.3, 0.4) is 0 Å². The van der Waals surface area contributed by atoms with Crippen molar-refractivity contribution >= 4 is 5.82 Å². The number of nitrogens with zero attached hydrogens (tertiary/aromatic N) is 3. The molecule has 1 aliphatic heterocycles. The largest absolute Gasteiger partial charge is 0.367 e. The molecule has 2 rings (SSSR count). The minimum absolute atomic E-state index is 0.0692. The fourth-order valence-corrected chi connectivity index (χ4v) is 1.80. The molecule has 6 heteroatoms. The van der Waals surface area contributed by atoms with Gasteiger partial charge in [0.25, 0.3) is 6.43 Å². The normalized spacial score (nSPS) is 24.5. The van der Waals surface area contributed by atoms with Gasteiger partial charge in [0.15, 0.2) is 0 Å². The monoisotopic (exact) mass is 212 g/mol. The number of fused-ring (bicyclic) bond motifs is 1. The summed E-state index contributed by atoms with van der Waals surface area (Å²) < 4.78 is 26.6. The maximum atomic E-state index is 12.7. The second kappa shape index (κ2) is 3.50. The first-order valence-electron chi connectivity index (χ1n) is 4.65. The van der Waals surface area contributed by atoms with E-state index in [0.29, 0.717) is 17.8 Å². The summed E-state index contributed by atoms with van der Waals surface area (Å²) in [6.45, 7) is 1.81. The van der Waals surface area contributed by atoms with Crippen molar-refractivity contribution in [3.8, 4) is 6.07 Å². The van der Waals surface area contributed by atoms with Crippen molar-refractivity contribution in [2.45, 2.75) is 31.9 Å². The van der Waals surface area contributed by atoms with Gasteiger partial charge in [-0.3, -0.25) is 0 Å². The third-order valence-electron chi connectivity index (χ3n) is 2.50. The zero-order valence-corrected chi connectivity index (χ0v) is 8.11. The smallest absolute Gasteiger partial charge is 0.260 e. The zero-order chi connectivity index (χ0) is 11.0. The van der Waals surface area contributed by atoms with Crippen molar-refractivity contribution < 1.29 is 8.78 Å². The average molecular weight is 212 g/mol. The van der Waals surface area contributed by atoms with E-state index in [1.165, 1.54) is 10.9 Å². The summed E-state index contributed by atoms with van der Waals surface area (Å²) in [5.41, 5.74) is 0.312. The van der Waals surface area contributed by atoms with Gasteiger partial charge in [-0.25, -0.2) is 13.5 Å². The van der Waals surface area contributed by atoms with Gasteiger partial charge in [0.05, 0.1) is 6.20 Å². The van der Waals surface area contributed by atoms with Crippen LogP contribution in [0.4, 0.5) is 14.6 Å². The number of alkyl halides is 2. The number of hydrogen-bond acceptors (Lipinski definition) is 3. The van der Waals surface area contributed by atoms with Crippen LogP contribution in [-0.2, 0) is 0 Å². The lowest BCUT2D eigenvalue weighted by Crippen LogP contribution is -2.33. The molecule has 0 saturated heterocycles. The Bertz CT molecular complexity index is 407. The maximum Gasteiger partial charge on any atom is 0.260 e. The Morgan fingerprint density at radius 3 is 3.07 bits per heavy atom. The highest BCUT2D eigenvalue weighted by atomic mass is 19.3. The molecule has 1 N–H and O–H groups in total. The summed E-state index contributed by atoms with van der Waals surface area (Å²) in [4.78, 5) is 0. The van der Waals surface area contributed by atoms with Crippen LogP contribution in [0.1, 0.15) is 24.9 Å². The molecule has 2 atom stereocenters. The minimum Gasteiger partial charge on any atom is -0.367 e. The molecule has 0 spiro atoms. The SMILES string of the molecule is C[C@@H]1C[C@H](C(F)F)n2ncc(C#N)c2N1. The van der Waals surface area contributed by atoms with Crippen LogP contribution in [0.2, 0.25) is 0 Å². The average Bonchev–Trinajstić information content (AvgIpc) is 2.58. The zero-order valence-electron chi connectivity index (χ0n) is 8.11. The van der Waals surface area contributed by atoms with E-state index in [0.717, 1.165) is 0 Å². The Kier molecular flexibility index (Phi) is 2.31. The highest BCUT2D eigenvalue weighted by molar-refractivity contribution is 5.53. The lowest BCUT2D eigenvalue weighted by atomic mass is 10.1.